The molecule has 0 bridgehead atoms. The van der Waals surface area contributed by atoms with Crippen molar-refractivity contribution in [2.75, 3.05) is 52.9 Å². The van der Waals surface area contributed by atoms with Gasteiger partial charge in [0, 0.05) is 45.7 Å². The molecule has 5 heteroatoms. The van der Waals surface area contributed by atoms with E-state index in [2.05, 4.69) is 40.7 Å². The van der Waals surface area contributed by atoms with Crippen molar-refractivity contribution in [3.8, 4) is 5.75 Å². The standard InChI is InChI=1S/C22H35N3O2/c1-18-19(2)21(27-3)8-7-20(18)17-24-12-9-22(26)25(16-14-24)15-13-23-10-5-4-6-11-23/h7-8H,4-6,9-17H2,1-3H3. The van der Waals surface area contributed by atoms with Crippen LogP contribution in [0.15, 0.2) is 12.1 Å². The first-order valence-electron chi connectivity index (χ1n) is 10.4. The van der Waals surface area contributed by atoms with Gasteiger partial charge in [-0.05, 0) is 62.5 Å². The zero-order valence-corrected chi connectivity index (χ0v) is 17.3. The van der Waals surface area contributed by atoms with Crippen LogP contribution in [0, 0.1) is 13.8 Å². The van der Waals surface area contributed by atoms with E-state index in [1.165, 1.54) is 49.0 Å². The highest BCUT2D eigenvalue weighted by molar-refractivity contribution is 5.76. The van der Waals surface area contributed by atoms with Gasteiger partial charge in [-0.1, -0.05) is 12.5 Å². The summed E-state index contributed by atoms with van der Waals surface area (Å²) < 4.78 is 5.43. The number of hydrogen-bond donors (Lipinski definition) is 0. The summed E-state index contributed by atoms with van der Waals surface area (Å²) in [7, 11) is 1.72. The zero-order chi connectivity index (χ0) is 19.2. The number of rotatable bonds is 6. The van der Waals surface area contributed by atoms with Crippen molar-refractivity contribution in [1.29, 1.82) is 0 Å². The number of carbonyl (C=O) groups is 1. The minimum Gasteiger partial charge on any atom is -0.496 e. The van der Waals surface area contributed by atoms with Crippen LogP contribution in [-0.4, -0.2) is 73.5 Å². The highest BCUT2D eigenvalue weighted by Crippen LogP contribution is 2.25. The second-order valence-corrected chi connectivity index (χ2v) is 7.99. The molecule has 0 radical (unpaired) electrons. The maximum Gasteiger partial charge on any atom is 0.223 e. The molecule has 0 aliphatic carbocycles. The van der Waals surface area contributed by atoms with Crippen LogP contribution in [0.3, 0.4) is 0 Å². The molecule has 5 nitrogen and oxygen atoms in total. The average molecular weight is 374 g/mol. The Labute approximate surface area is 164 Å². The molecule has 0 spiro atoms. The van der Waals surface area contributed by atoms with Crippen LogP contribution >= 0.6 is 0 Å². The molecule has 2 saturated heterocycles. The summed E-state index contributed by atoms with van der Waals surface area (Å²) in [6.45, 7) is 12.2. The van der Waals surface area contributed by atoms with Crippen molar-refractivity contribution in [3.05, 3.63) is 28.8 Å². The van der Waals surface area contributed by atoms with E-state index < -0.39 is 0 Å². The van der Waals surface area contributed by atoms with Crippen molar-refractivity contribution < 1.29 is 9.53 Å². The third-order valence-electron chi connectivity index (χ3n) is 6.28. The summed E-state index contributed by atoms with van der Waals surface area (Å²) in [5.74, 6) is 1.27. The number of piperidine rings is 1. The Morgan fingerprint density at radius 2 is 1.67 bits per heavy atom. The SMILES string of the molecule is COc1ccc(CN2CCC(=O)N(CCN3CCCCC3)CC2)c(C)c1C. The Morgan fingerprint density at radius 3 is 2.41 bits per heavy atom. The molecular formula is C22H35N3O2. The fourth-order valence-corrected chi connectivity index (χ4v) is 4.24. The number of ether oxygens (including phenoxy) is 1. The van der Waals surface area contributed by atoms with Crippen LogP contribution in [0.2, 0.25) is 0 Å². The molecule has 2 aliphatic heterocycles. The number of benzene rings is 1. The molecule has 0 aromatic heterocycles. The lowest BCUT2D eigenvalue weighted by Gasteiger charge is -2.29. The molecule has 0 unspecified atom stereocenters. The second-order valence-electron chi connectivity index (χ2n) is 7.99. The molecule has 1 aromatic rings. The third kappa shape index (κ3) is 5.23. The fraction of sp³-hybridized carbons (Fsp3) is 0.682. The van der Waals surface area contributed by atoms with E-state index in [0.29, 0.717) is 12.3 Å². The Kier molecular flexibility index (Phi) is 7.13. The number of likely N-dealkylation sites (tertiary alicyclic amines) is 1. The van der Waals surface area contributed by atoms with Crippen LogP contribution in [0.5, 0.6) is 5.75 Å². The van der Waals surface area contributed by atoms with Gasteiger partial charge in [0.1, 0.15) is 5.75 Å². The van der Waals surface area contributed by atoms with E-state index in [4.69, 9.17) is 4.74 Å². The van der Waals surface area contributed by atoms with Gasteiger partial charge in [0.2, 0.25) is 5.91 Å². The first kappa shape index (κ1) is 20.2. The van der Waals surface area contributed by atoms with E-state index in [9.17, 15) is 4.79 Å². The van der Waals surface area contributed by atoms with Gasteiger partial charge >= 0.3 is 0 Å². The summed E-state index contributed by atoms with van der Waals surface area (Å²) in [5, 5.41) is 0. The smallest absolute Gasteiger partial charge is 0.223 e. The molecule has 27 heavy (non-hydrogen) atoms. The van der Waals surface area contributed by atoms with Gasteiger partial charge in [-0.2, -0.15) is 0 Å². The predicted octanol–water partition coefficient (Wildman–Crippen LogP) is 2.83. The van der Waals surface area contributed by atoms with Crippen LogP contribution in [0.4, 0.5) is 0 Å². The van der Waals surface area contributed by atoms with Crippen LogP contribution in [0.25, 0.3) is 0 Å². The second kappa shape index (κ2) is 9.56. The molecule has 2 aliphatic rings. The molecule has 2 heterocycles. The summed E-state index contributed by atoms with van der Waals surface area (Å²) in [6.07, 6.45) is 4.61. The number of methoxy groups -OCH3 is 1. The summed E-state index contributed by atoms with van der Waals surface area (Å²) in [6, 6.07) is 4.23. The molecule has 0 N–H and O–H groups in total. The lowest BCUT2D eigenvalue weighted by atomic mass is 10.0. The van der Waals surface area contributed by atoms with Crippen molar-refractivity contribution in [2.24, 2.45) is 0 Å². The highest BCUT2D eigenvalue weighted by Gasteiger charge is 2.22. The van der Waals surface area contributed by atoms with E-state index in [0.717, 1.165) is 45.0 Å². The van der Waals surface area contributed by atoms with E-state index >= 15 is 0 Å². The average Bonchev–Trinajstić information content (AvgIpc) is 2.86. The molecule has 2 fully saturated rings. The fourth-order valence-electron chi connectivity index (χ4n) is 4.24. The molecule has 150 valence electrons. The Hall–Kier alpha value is -1.59. The third-order valence-corrected chi connectivity index (χ3v) is 6.28. The van der Waals surface area contributed by atoms with E-state index in [1.54, 1.807) is 7.11 Å². The Morgan fingerprint density at radius 1 is 0.889 bits per heavy atom. The van der Waals surface area contributed by atoms with Crippen LogP contribution in [0.1, 0.15) is 42.4 Å². The molecule has 0 atom stereocenters. The zero-order valence-electron chi connectivity index (χ0n) is 17.3. The maximum atomic E-state index is 12.6. The first-order valence-corrected chi connectivity index (χ1v) is 10.4. The maximum absolute atomic E-state index is 12.6. The number of nitrogens with zero attached hydrogens (tertiary/aromatic N) is 3. The molecule has 1 amide bonds. The van der Waals surface area contributed by atoms with Crippen molar-refractivity contribution in [2.45, 2.75) is 46.1 Å². The monoisotopic (exact) mass is 373 g/mol. The quantitative estimate of drug-likeness (QED) is 0.768. The van der Waals surface area contributed by atoms with Gasteiger partial charge in [-0.15, -0.1) is 0 Å². The van der Waals surface area contributed by atoms with Gasteiger partial charge in [0.15, 0.2) is 0 Å². The first-order chi connectivity index (χ1) is 13.1. The lowest BCUT2D eigenvalue weighted by molar-refractivity contribution is -0.130. The minimum absolute atomic E-state index is 0.317. The Bertz CT molecular complexity index is 641. The van der Waals surface area contributed by atoms with Crippen molar-refractivity contribution >= 4 is 5.91 Å². The number of carbonyl (C=O) groups excluding carboxylic acids is 1. The molecule has 1 aromatic carbocycles. The molecule has 3 rings (SSSR count). The van der Waals surface area contributed by atoms with Gasteiger partial charge < -0.3 is 14.5 Å². The Balaban J connectivity index is 1.54. The largest absolute Gasteiger partial charge is 0.496 e. The minimum atomic E-state index is 0.317. The topological polar surface area (TPSA) is 36.0 Å². The number of hydrogen-bond acceptors (Lipinski definition) is 4. The van der Waals surface area contributed by atoms with Gasteiger partial charge in [-0.3, -0.25) is 9.69 Å². The summed E-state index contributed by atoms with van der Waals surface area (Å²) in [4.78, 5) is 19.6. The van der Waals surface area contributed by atoms with Crippen LogP contribution < -0.4 is 4.74 Å². The highest BCUT2D eigenvalue weighted by atomic mass is 16.5. The summed E-state index contributed by atoms with van der Waals surface area (Å²) >= 11 is 0. The lowest BCUT2D eigenvalue weighted by Crippen LogP contribution is -2.41. The van der Waals surface area contributed by atoms with Crippen molar-refractivity contribution in [3.63, 3.8) is 0 Å². The van der Waals surface area contributed by atoms with Gasteiger partial charge in [0.25, 0.3) is 0 Å². The number of amides is 1. The molecular weight excluding hydrogens is 338 g/mol. The predicted molar refractivity (Wildman–Crippen MR) is 109 cm³/mol. The molecule has 0 saturated carbocycles. The van der Waals surface area contributed by atoms with E-state index in [-0.39, 0.29) is 0 Å². The summed E-state index contributed by atoms with van der Waals surface area (Å²) in [5.41, 5.74) is 3.85. The van der Waals surface area contributed by atoms with Crippen molar-refractivity contribution in [1.82, 2.24) is 14.7 Å². The van der Waals surface area contributed by atoms with Gasteiger partial charge in [0.05, 0.1) is 7.11 Å². The normalized spacial score (nSPS) is 20.0. The van der Waals surface area contributed by atoms with E-state index in [1.807, 2.05) is 0 Å². The van der Waals surface area contributed by atoms with Crippen LogP contribution in [-0.2, 0) is 11.3 Å². The van der Waals surface area contributed by atoms with Gasteiger partial charge in [-0.25, -0.2) is 0 Å².